The first kappa shape index (κ1) is 21.5. The highest BCUT2D eigenvalue weighted by molar-refractivity contribution is 5.68. The van der Waals surface area contributed by atoms with E-state index in [2.05, 4.69) is 0 Å². The van der Waals surface area contributed by atoms with E-state index >= 15 is 0 Å². The van der Waals surface area contributed by atoms with Crippen LogP contribution in [0.2, 0.25) is 0 Å². The summed E-state index contributed by atoms with van der Waals surface area (Å²) in [5.41, 5.74) is -2.48. The van der Waals surface area contributed by atoms with Crippen molar-refractivity contribution >= 4 is 11.8 Å². The second-order valence-electron chi connectivity index (χ2n) is 6.63. The van der Waals surface area contributed by atoms with Crippen LogP contribution in [0.1, 0.15) is 39.2 Å². The van der Waals surface area contributed by atoms with Gasteiger partial charge in [-0.3, -0.25) is 10.1 Å². The second-order valence-corrected chi connectivity index (χ2v) is 6.63. The van der Waals surface area contributed by atoms with E-state index < -0.39 is 28.1 Å². The molecule has 1 N–H and O–H groups in total. The van der Waals surface area contributed by atoms with E-state index in [1.165, 1.54) is 0 Å². The first-order chi connectivity index (χ1) is 11.8. The number of amides is 1. The minimum Gasteiger partial charge on any atom is -0.502 e. The fourth-order valence-corrected chi connectivity index (χ4v) is 2.07. The van der Waals surface area contributed by atoms with Crippen molar-refractivity contribution in [3.63, 3.8) is 0 Å². The van der Waals surface area contributed by atoms with Gasteiger partial charge in [-0.05, 0) is 45.7 Å². The van der Waals surface area contributed by atoms with E-state index in [9.17, 15) is 28.1 Å². The number of phenols is 1. The molecule has 0 aliphatic carbocycles. The molecule has 7 nitrogen and oxygen atoms in total. The number of carbonyl (C=O) groups is 1. The van der Waals surface area contributed by atoms with E-state index in [1.54, 1.807) is 4.90 Å². The molecule has 0 spiro atoms. The minimum absolute atomic E-state index is 0.167. The minimum atomic E-state index is -4.65. The van der Waals surface area contributed by atoms with Crippen molar-refractivity contribution in [3.05, 3.63) is 33.9 Å². The maximum atomic E-state index is 12.1. The number of benzene rings is 1. The highest BCUT2D eigenvalue weighted by Crippen LogP contribution is 2.35. The van der Waals surface area contributed by atoms with Crippen molar-refractivity contribution in [2.24, 2.45) is 0 Å². The van der Waals surface area contributed by atoms with E-state index in [0.717, 1.165) is 25.9 Å². The average Bonchev–Trinajstić information content (AvgIpc) is 2.99. The molecule has 146 valence electrons. The van der Waals surface area contributed by atoms with E-state index in [4.69, 9.17) is 9.84 Å². The van der Waals surface area contributed by atoms with Gasteiger partial charge < -0.3 is 14.7 Å². The molecule has 1 amide bonds. The van der Waals surface area contributed by atoms with Crippen molar-refractivity contribution in [3.8, 4) is 5.75 Å². The van der Waals surface area contributed by atoms with E-state index in [-0.39, 0.29) is 17.8 Å². The molecular formula is C16H21F3N2O5. The van der Waals surface area contributed by atoms with Gasteiger partial charge in [0.1, 0.15) is 5.60 Å². The molecule has 1 saturated heterocycles. The Morgan fingerprint density at radius 1 is 1.23 bits per heavy atom. The van der Waals surface area contributed by atoms with Crippen molar-refractivity contribution in [2.75, 3.05) is 13.1 Å². The monoisotopic (exact) mass is 378 g/mol. The molecular weight excluding hydrogens is 357 g/mol. The Balaban J connectivity index is 0.000000263. The molecule has 1 aromatic rings. The summed E-state index contributed by atoms with van der Waals surface area (Å²) in [6.07, 6.45) is -2.60. The van der Waals surface area contributed by atoms with Crippen LogP contribution in [0.15, 0.2) is 18.2 Å². The van der Waals surface area contributed by atoms with Gasteiger partial charge in [0.25, 0.3) is 0 Å². The number of phenolic OH excluding ortho intramolecular Hbond substituents is 1. The van der Waals surface area contributed by atoms with Crippen LogP contribution < -0.4 is 0 Å². The summed E-state index contributed by atoms with van der Waals surface area (Å²) in [7, 11) is 0. The summed E-state index contributed by atoms with van der Waals surface area (Å²) >= 11 is 0. The predicted octanol–water partition coefficient (Wildman–Crippen LogP) is 4.34. The lowest BCUT2D eigenvalue weighted by molar-refractivity contribution is -0.386. The first-order valence-corrected chi connectivity index (χ1v) is 7.84. The molecule has 0 atom stereocenters. The molecule has 1 aliphatic heterocycles. The van der Waals surface area contributed by atoms with Crippen LogP contribution in [0.25, 0.3) is 0 Å². The van der Waals surface area contributed by atoms with Crippen molar-refractivity contribution < 1.29 is 32.7 Å². The third kappa shape index (κ3) is 6.77. The van der Waals surface area contributed by atoms with E-state index in [1.807, 2.05) is 20.8 Å². The number of alkyl halides is 3. The van der Waals surface area contributed by atoms with Gasteiger partial charge in [-0.1, -0.05) is 0 Å². The number of rotatable bonds is 1. The molecule has 0 radical (unpaired) electrons. The molecule has 10 heteroatoms. The molecule has 0 aromatic heterocycles. The Labute approximate surface area is 148 Å². The maximum absolute atomic E-state index is 12.1. The summed E-state index contributed by atoms with van der Waals surface area (Å²) in [6, 6.07) is 1.50. The summed E-state index contributed by atoms with van der Waals surface area (Å²) < 4.78 is 41.4. The smallest absolute Gasteiger partial charge is 0.416 e. The zero-order valence-corrected chi connectivity index (χ0v) is 14.7. The SMILES string of the molecule is CC(C)(C)OC(=O)N1CCCC1.O=[N+]([O-])c1cc(C(F)(F)F)ccc1O. The molecule has 1 aromatic carbocycles. The van der Waals surface area contributed by atoms with Crippen LogP contribution in [0.4, 0.5) is 23.7 Å². The number of hydrogen-bond acceptors (Lipinski definition) is 5. The van der Waals surface area contributed by atoms with Crippen LogP contribution in [0.3, 0.4) is 0 Å². The summed E-state index contributed by atoms with van der Waals surface area (Å²) in [5.74, 6) is -0.789. The lowest BCUT2D eigenvalue weighted by atomic mass is 10.2. The zero-order chi connectivity index (χ0) is 20.1. The molecule has 1 aliphatic rings. The normalized spacial score (nSPS) is 14.5. The topological polar surface area (TPSA) is 92.9 Å². The van der Waals surface area contributed by atoms with Crippen molar-refractivity contribution in [2.45, 2.75) is 45.4 Å². The van der Waals surface area contributed by atoms with Crippen LogP contribution in [-0.4, -0.2) is 39.7 Å². The Morgan fingerprint density at radius 2 is 1.77 bits per heavy atom. The Morgan fingerprint density at radius 3 is 2.19 bits per heavy atom. The molecule has 26 heavy (non-hydrogen) atoms. The number of nitro groups is 1. The molecule has 2 rings (SSSR count). The number of nitro benzene ring substituents is 1. The first-order valence-electron chi connectivity index (χ1n) is 7.84. The largest absolute Gasteiger partial charge is 0.502 e. The standard InChI is InChI=1S/C9H17NO2.C7H4F3NO3/c1-9(2,3)12-8(11)10-6-4-5-7-10;8-7(9,10)4-1-2-6(12)5(3-4)11(13)14/h4-7H2,1-3H3;1-3,12H. The highest BCUT2D eigenvalue weighted by Gasteiger charge is 2.33. The molecule has 0 bridgehead atoms. The van der Waals surface area contributed by atoms with Gasteiger partial charge in [-0.15, -0.1) is 0 Å². The third-order valence-corrected chi connectivity index (χ3v) is 3.26. The van der Waals surface area contributed by atoms with Crippen LogP contribution in [0.5, 0.6) is 5.75 Å². The number of hydrogen-bond donors (Lipinski definition) is 1. The van der Waals surface area contributed by atoms with Gasteiger partial charge in [0.2, 0.25) is 0 Å². The van der Waals surface area contributed by atoms with Gasteiger partial charge >= 0.3 is 18.0 Å². The highest BCUT2D eigenvalue weighted by atomic mass is 19.4. The summed E-state index contributed by atoms with van der Waals surface area (Å²) in [6.45, 7) is 7.38. The molecule has 0 saturated carbocycles. The third-order valence-electron chi connectivity index (χ3n) is 3.26. The lowest BCUT2D eigenvalue weighted by Crippen LogP contribution is -2.34. The van der Waals surface area contributed by atoms with Crippen LogP contribution in [0, 0.1) is 10.1 Å². The average molecular weight is 378 g/mol. The predicted molar refractivity (Wildman–Crippen MR) is 86.8 cm³/mol. The number of carbonyl (C=O) groups excluding carboxylic acids is 1. The van der Waals surface area contributed by atoms with Gasteiger partial charge in [0.15, 0.2) is 5.75 Å². The van der Waals surface area contributed by atoms with Gasteiger partial charge in [0, 0.05) is 19.2 Å². The quantitative estimate of drug-likeness (QED) is 0.580. The van der Waals surface area contributed by atoms with E-state index in [0.29, 0.717) is 12.1 Å². The number of halogens is 3. The van der Waals surface area contributed by atoms with Crippen LogP contribution in [-0.2, 0) is 10.9 Å². The number of ether oxygens (including phenoxy) is 1. The van der Waals surface area contributed by atoms with Gasteiger partial charge in [-0.25, -0.2) is 4.79 Å². The number of likely N-dealkylation sites (tertiary alicyclic amines) is 1. The van der Waals surface area contributed by atoms with Gasteiger partial charge in [-0.2, -0.15) is 13.2 Å². The molecule has 1 fully saturated rings. The number of aromatic hydroxyl groups is 1. The molecule has 1 heterocycles. The molecule has 0 unspecified atom stereocenters. The van der Waals surface area contributed by atoms with Crippen molar-refractivity contribution in [1.29, 1.82) is 0 Å². The summed E-state index contributed by atoms with van der Waals surface area (Å²) in [5, 5.41) is 19.0. The van der Waals surface area contributed by atoms with Gasteiger partial charge in [0.05, 0.1) is 10.5 Å². The lowest BCUT2D eigenvalue weighted by Gasteiger charge is -2.23. The Hall–Kier alpha value is -2.52. The Bertz CT molecular complexity index is 650. The number of nitrogens with zero attached hydrogens (tertiary/aromatic N) is 2. The van der Waals surface area contributed by atoms with Crippen LogP contribution >= 0.6 is 0 Å². The summed E-state index contributed by atoms with van der Waals surface area (Å²) in [4.78, 5) is 22.2. The fraction of sp³-hybridized carbons (Fsp3) is 0.562. The second kappa shape index (κ2) is 8.24. The fourth-order valence-electron chi connectivity index (χ4n) is 2.07. The Kier molecular flexibility index (Phi) is 6.82. The maximum Gasteiger partial charge on any atom is 0.416 e. The zero-order valence-electron chi connectivity index (χ0n) is 14.7. The van der Waals surface area contributed by atoms with Crippen molar-refractivity contribution in [1.82, 2.24) is 4.90 Å².